The van der Waals surface area contributed by atoms with E-state index in [2.05, 4.69) is 29.6 Å². The summed E-state index contributed by atoms with van der Waals surface area (Å²) < 4.78 is 5.77. The molecule has 2 aromatic carbocycles. The molecule has 0 bridgehead atoms. The maximum atomic E-state index is 12.5. The summed E-state index contributed by atoms with van der Waals surface area (Å²) in [7, 11) is 0. The number of hydrogen-bond donors (Lipinski definition) is 2. The van der Waals surface area contributed by atoms with Crippen LogP contribution in [-0.4, -0.2) is 42.3 Å². The lowest BCUT2D eigenvalue weighted by Gasteiger charge is -2.35. The molecular formula is C20H22N2O3. The SMILES string of the molecule is O=C(NC[C@H]1Cc2ccccc21)N1CCO[C@@H](c2cccc(O)c2)C1. The monoisotopic (exact) mass is 338 g/mol. The van der Waals surface area contributed by atoms with Crippen LogP contribution in [0.3, 0.4) is 0 Å². The standard InChI is InChI=1S/C20H22N2O3/c23-17-6-3-5-15(11-17)19-13-22(8-9-25-19)20(24)21-12-16-10-14-4-1-2-7-18(14)16/h1-7,11,16,19,23H,8-10,12-13H2,(H,21,24)/t16-,19-/m1/s1. The summed E-state index contributed by atoms with van der Waals surface area (Å²) in [6.07, 6.45) is 0.835. The zero-order valence-electron chi connectivity index (χ0n) is 14.0. The Bertz CT molecular complexity index is 777. The Kier molecular flexibility index (Phi) is 4.32. The van der Waals surface area contributed by atoms with E-state index in [1.165, 1.54) is 11.1 Å². The molecule has 1 heterocycles. The van der Waals surface area contributed by atoms with Gasteiger partial charge in [-0.3, -0.25) is 0 Å². The summed E-state index contributed by atoms with van der Waals surface area (Å²) >= 11 is 0. The Morgan fingerprint density at radius 2 is 2.12 bits per heavy atom. The number of phenols is 1. The Hall–Kier alpha value is -2.53. The number of nitrogens with one attached hydrogen (secondary N) is 1. The smallest absolute Gasteiger partial charge is 0.317 e. The van der Waals surface area contributed by atoms with Crippen LogP contribution in [0.1, 0.15) is 28.7 Å². The number of urea groups is 1. The third-order valence-corrected chi connectivity index (χ3v) is 5.06. The minimum Gasteiger partial charge on any atom is -0.508 e. The van der Waals surface area contributed by atoms with Crippen molar-refractivity contribution in [3.8, 4) is 5.75 Å². The zero-order chi connectivity index (χ0) is 17.2. The maximum absolute atomic E-state index is 12.5. The molecule has 5 heteroatoms. The summed E-state index contributed by atoms with van der Waals surface area (Å²) in [6.45, 7) is 2.25. The van der Waals surface area contributed by atoms with Crippen LogP contribution in [0.15, 0.2) is 48.5 Å². The molecular weight excluding hydrogens is 316 g/mol. The number of rotatable bonds is 3. The number of morpholine rings is 1. The van der Waals surface area contributed by atoms with Gasteiger partial charge in [-0.15, -0.1) is 0 Å². The van der Waals surface area contributed by atoms with Gasteiger partial charge < -0.3 is 20.1 Å². The lowest BCUT2D eigenvalue weighted by Crippen LogP contribution is -2.48. The van der Waals surface area contributed by atoms with Gasteiger partial charge in [0.1, 0.15) is 11.9 Å². The molecule has 2 atom stereocenters. The molecule has 2 aliphatic rings. The number of phenolic OH excluding ortho intramolecular Hbond substituents is 1. The van der Waals surface area contributed by atoms with Gasteiger partial charge in [0.2, 0.25) is 0 Å². The van der Waals surface area contributed by atoms with Crippen LogP contribution >= 0.6 is 0 Å². The quantitative estimate of drug-likeness (QED) is 0.905. The van der Waals surface area contributed by atoms with E-state index in [9.17, 15) is 9.90 Å². The van der Waals surface area contributed by atoms with Crippen molar-refractivity contribution >= 4 is 6.03 Å². The zero-order valence-corrected chi connectivity index (χ0v) is 14.0. The molecule has 25 heavy (non-hydrogen) atoms. The molecule has 2 aromatic rings. The van der Waals surface area contributed by atoms with E-state index in [4.69, 9.17) is 4.74 Å². The molecule has 0 unspecified atom stereocenters. The topological polar surface area (TPSA) is 61.8 Å². The van der Waals surface area contributed by atoms with Gasteiger partial charge in [0.15, 0.2) is 0 Å². The maximum Gasteiger partial charge on any atom is 0.317 e. The number of carbonyl (C=O) groups excluding carboxylic acids is 1. The van der Waals surface area contributed by atoms with E-state index in [0.717, 1.165) is 12.0 Å². The van der Waals surface area contributed by atoms with E-state index in [1.807, 2.05) is 6.07 Å². The number of hydrogen-bond acceptors (Lipinski definition) is 3. The first-order valence-corrected chi connectivity index (χ1v) is 8.72. The molecule has 1 saturated heterocycles. The fourth-order valence-electron chi connectivity index (χ4n) is 3.63. The summed E-state index contributed by atoms with van der Waals surface area (Å²) in [5, 5.41) is 12.7. The van der Waals surface area contributed by atoms with Crippen molar-refractivity contribution in [3.63, 3.8) is 0 Å². The molecule has 0 spiro atoms. The number of ether oxygens (including phenoxy) is 1. The molecule has 0 saturated carbocycles. The van der Waals surface area contributed by atoms with Crippen LogP contribution in [-0.2, 0) is 11.2 Å². The highest BCUT2D eigenvalue weighted by Crippen LogP contribution is 2.34. The molecule has 130 valence electrons. The second kappa shape index (κ2) is 6.76. The number of benzene rings is 2. The first-order valence-electron chi connectivity index (χ1n) is 8.72. The summed E-state index contributed by atoms with van der Waals surface area (Å²) in [5.41, 5.74) is 3.63. The summed E-state index contributed by atoms with van der Waals surface area (Å²) in [6, 6.07) is 15.4. The second-order valence-corrected chi connectivity index (χ2v) is 6.69. The van der Waals surface area contributed by atoms with E-state index in [1.54, 1.807) is 23.1 Å². The van der Waals surface area contributed by atoms with Crippen LogP contribution in [0.4, 0.5) is 4.79 Å². The average Bonchev–Trinajstić information content (AvgIpc) is 2.62. The van der Waals surface area contributed by atoms with Crippen molar-refractivity contribution in [2.24, 2.45) is 0 Å². The number of nitrogens with zero attached hydrogens (tertiary/aromatic N) is 1. The van der Waals surface area contributed by atoms with Crippen LogP contribution in [0.2, 0.25) is 0 Å². The van der Waals surface area contributed by atoms with Gasteiger partial charge in [-0.25, -0.2) is 4.79 Å². The molecule has 1 fully saturated rings. The molecule has 1 aliphatic heterocycles. The number of fused-ring (bicyclic) bond motifs is 1. The van der Waals surface area contributed by atoms with Crippen molar-refractivity contribution in [1.29, 1.82) is 0 Å². The summed E-state index contributed by atoms with van der Waals surface area (Å²) in [4.78, 5) is 14.3. The minimum atomic E-state index is -0.198. The van der Waals surface area contributed by atoms with Gasteiger partial charge in [-0.1, -0.05) is 36.4 Å². The second-order valence-electron chi connectivity index (χ2n) is 6.69. The van der Waals surface area contributed by atoms with E-state index in [-0.39, 0.29) is 17.9 Å². The van der Waals surface area contributed by atoms with E-state index >= 15 is 0 Å². The van der Waals surface area contributed by atoms with Gasteiger partial charge in [0.05, 0.1) is 13.2 Å². The first-order chi connectivity index (χ1) is 12.2. The van der Waals surface area contributed by atoms with Gasteiger partial charge in [0, 0.05) is 19.0 Å². The number of amides is 2. The Morgan fingerprint density at radius 3 is 2.96 bits per heavy atom. The average molecular weight is 338 g/mol. The van der Waals surface area contributed by atoms with Gasteiger partial charge in [0.25, 0.3) is 0 Å². The molecule has 2 N–H and O–H groups in total. The van der Waals surface area contributed by atoms with Crippen molar-refractivity contribution in [3.05, 3.63) is 65.2 Å². The lowest BCUT2D eigenvalue weighted by molar-refractivity contribution is -0.0155. The van der Waals surface area contributed by atoms with E-state index < -0.39 is 0 Å². The molecule has 5 nitrogen and oxygen atoms in total. The van der Waals surface area contributed by atoms with Crippen molar-refractivity contribution in [2.45, 2.75) is 18.4 Å². The van der Waals surface area contributed by atoms with Gasteiger partial charge >= 0.3 is 6.03 Å². The Balaban J connectivity index is 1.33. The lowest BCUT2D eigenvalue weighted by atomic mass is 9.78. The van der Waals surface area contributed by atoms with E-state index in [0.29, 0.717) is 32.2 Å². The molecule has 4 rings (SSSR count). The van der Waals surface area contributed by atoms with Crippen molar-refractivity contribution in [2.75, 3.05) is 26.2 Å². The fourth-order valence-corrected chi connectivity index (χ4v) is 3.63. The van der Waals surface area contributed by atoms with Crippen LogP contribution in [0, 0.1) is 0 Å². The highest BCUT2D eigenvalue weighted by atomic mass is 16.5. The van der Waals surface area contributed by atoms with Crippen LogP contribution in [0.25, 0.3) is 0 Å². The van der Waals surface area contributed by atoms with Gasteiger partial charge in [-0.2, -0.15) is 0 Å². The van der Waals surface area contributed by atoms with Crippen LogP contribution in [0.5, 0.6) is 5.75 Å². The van der Waals surface area contributed by atoms with Crippen molar-refractivity contribution in [1.82, 2.24) is 10.2 Å². The highest BCUT2D eigenvalue weighted by molar-refractivity contribution is 5.74. The fraction of sp³-hybridized carbons (Fsp3) is 0.350. The van der Waals surface area contributed by atoms with Crippen molar-refractivity contribution < 1.29 is 14.6 Å². The van der Waals surface area contributed by atoms with Crippen LogP contribution < -0.4 is 5.32 Å². The molecule has 0 aromatic heterocycles. The first kappa shape index (κ1) is 16.0. The third-order valence-electron chi connectivity index (χ3n) is 5.06. The molecule has 2 amide bonds. The number of aromatic hydroxyl groups is 1. The number of carbonyl (C=O) groups is 1. The predicted molar refractivity (Wildman–Crippen MR) is 94.7 cm³/mol. The summed E-state index contributed by atoms with van der Waals surface area (Å²) in [5.74, 6) is 0.634. The van der Waals surface area contributed by atoms with Gasteiger partial charge in [-0.05, 0) is 35.2 Å². The Morgan fingerprint density at radius 1 is 1.24 bits per heavy atom. The minimum absolute atomic E-state index is 0.0437. The normalized spacial score (nSPS) is 22.0. The largest absolute Gasteiger partial charge is 0.508 e. The Labute approximate surface area is 147 Å². The third kappa shape index (κ3) is 3.33. The molecule has 0 radical (unpaired) electrons. The highest BCUT2D eigenvalue weighted by Gasteiger charge is 2.28. The molecule has 1 aliphatic carbocycles. The predicted octanol–water partition coefficient (Wildman–Crippen LogP) is 2.82.